The second-order valence-corrected chi connectivity index (χ2v) is 5.22. The fourth-order valence-corrected chi connectivity index (χ4v) is 2.59. The molecule has 1 heterocycles. The SMILES string of the molecule is Oc1cc(C(F)(F)F)c(CC2CCCCN2)cc1Cl. The number of hydrogen-bond acceptors (Lipinski definition) is 2. The topological polar surface area (TPSA) is 32.3 Å². The molecule has 0 aliphatic carbocycles. The molecule has 1 aliphatic heterocycles. The van der Waals surface area contributed by atoms with Crippen molar-refractivity contribution in [2.45, 2.75) is 37.9 Å². The number of piperidine rings is 1. The highest BCUT2D eigenvalue weighted by Gasteiger charge is 2.34. The van der Waals surface area contributed by atoms with Gasteiger partial charge in [0.05, 0.1) is 10.6 Å². The second-order valence-electron chi connectivity index (χ2n) is 4.81. The average molecular weight is 294 g/mol. The lowest BCUT2D eigenvalue weighted by Crippen LogP contribution is -2.36. The zero-order valence-electron chi connectivity index (χ0n) is 10.2. The number of nitrogens with one attached hydrogen (secondary N) is 1. The molecule has 1 atom stereocenters. The molecular weight excluding hydrogens is 279 g/mol. The van der Waals surface area contributed by atoms with E-state index >= 15 is 0 Å². The van der Waals surface area contributed by atoms with Gasteiger partial charge in [-0.3, -0.25) is 0 Å². The summed E-state index contributed by atoms with van der Waals surface area (Å²) in [4.78, 5) is 0. The highest BCUT2D eigenvalue weighted by molar-refractivity contribution is 6.32. The van der Waals surface area contributed by atoms with Gasteiger partial charge >= 0.3 is 6.18 Å². The Morgan fingerprint density at radius 2 is 2.05 bits per heavy atom. The minimum atomic E-state index is -4.48. The molecule has 6 heteroatoms. The van der Waals surface area contributed by atoms with Crippen LogP contribution in [0.4, 0.5) is 13.2 Å². The normalized spacial score (nSPS) is 20.5. The van der Waals surface area contributed by atoms with Gasteiger partial charge in [0.15, 0.2) is 0 Å². The summed E-state index contributed by atoms with van der Waals surface area (Å²) in [6.45, 7) is 0.831. The van der Waals surface area contributed by atoms with Gasteiger partial charge in [-0.15, -0.1) is 0 Å². The molecular formula is C13H15ClF3NO. The van der Waals surface area contributed by atoms with E-state index in [2.05, 4.69) is 5.32 Å². The molecule has 1 aliphatic rings. The molecule has 1 unspecified atom stereocenters. The first-order chi connectivity index (χ1) is 8.88. The molecule has 0 saturated carbocycles. The lowest BCUT2D eigenvalue weighted by atomic mass is 9.94. The fourth-order valence-electron chi connectivity index (χ4n) is 2.40. The predicted molar refractivity (Wildman–Crippen MR) is 67.5 cm³/mol. The Hall–Kier alpha value is -0.940. The number of halogens is 4. The number of hydrogen-bond donors (Lipinski definition) is 2. The van der Waals surface area contributed by atoms with Crippen LogP contribution < -0.4 is 5.32 Å². The zero-order valence-corrected chi connectivity index (χ0v) is 11.0. The quantitative estimate of drug-likeness (QED) is 0.870. The van der Waals surface area contributed by atoms with E-state index in [1.807, 2.05) is 0 Å². The summed E-state index contributed by atoms with van der Waals surface area (Å²) < 4.78 is 38.8. The lowest BCUT2D eigenvalue weighted by Gasteiger charge is -2.25. The van der Waals surface area contributed by atoms with Crippen molar-refractivity contribution in [3.05, 3.63) is 28.3 Å². The molecule has 0 aromatic heterocycles. The lowest BCUT2D eigenvalue weighted by molar-refractivity contribution is -0.138. The summed E-state index contributed by atoms with van der Waals surface area (Å²) in [6.07, 6.45) is -1.28. The maximum Gasteiger partial charge on any atom is 0.416 e. The van der Waals surface area contributed by atoms with Gasteiger partial charge in [0.1, 0.15) is 5.75 Å². The monoisotopic (exact) mass is 293 g/mol. The van der Waals surface area contributed by atoms with Crippen LogP contribution in [-0.4, -0.2) is 17.7 Å². The molecule has 19 heavy (non-hydrogen) atoms. The second kappa shape index (κ2) is 5.59. The van der Waals surface area contributed by atoms with Crippen molar-refractivity contribution in [3.63, 3.8) is 0 Å². The Kier molecular flexibility index (Phi) is 4.26. The third-order valence-electron chi connectivity index (χ3n) is 3.36. The predicted octanol–water partition coefficient (Wildman–Crippen LogP) is 3.75. The average Bonchev–Trinajstić information content (AvgIpc) is 2.33. The van der Waals surface area contributed by atoms with Crippen LogP contribution in [-0.2, 0) is 12.6 Å². The van der Waals surface area contributed by atoms with Crippen molar-refractivity contribution < 1.29 is 18.3 Å². The van der Waals surface area contributed by atoms with Gasteiger partial charge < -0.3 is 10.4 Å². The summed E-state index contributed by atoms with van der Waals surface area (Å²) in [7, 11) is 0. The van der Waals surface area contributed by atoms with Gasteiger partial charge in [-0.25, -0.2) is 0 Å². The Bertz CT molecular complexity index is 456. The number of rotatable bonds is 2. The van der Waals surface area contributed by atoms with Crippen molar-refractivity contribution in [1.29, 1.82) is 0 Å². The smallest absolute Gasteiger partial charge is 0.416 e. The van der Waals surface area contributed by atoms with Crippen LogP contribution in [0.2, 0.25) is 5.02 Å². The van der Waals surface area contributed by atoms with E-state index in [4.69, 9.17) is 11.6 Å². The highest BCUT2D eigenvalue weighted by atomic mass is 35.5. The molecule has 1 aromatic rings. The summed E-state index contributed by atoms with van der Waals surface area (Å²) in [5, 5.41) is 12.5. The molecule has 0 amide bonds. The number of phenols is 1. The van der Waals surface area contributed by atoms with Crippen LogP contribution in [0.3, 0.4) is 0 Å². The standard InChI is InChI=1S/C13H15ClF3NO/c14-11-6-8(5-9-3-1-2-4-18-9)10(7-12(11)19)13(15,16)17/h6-7,9,18-19H,1-5H2. The van der Waals surface area contributed by atoms with Crippen LogP contribution >= 0.6 is 11.6 Å². The molecule has 1 aromatic carbocycles. The number of alkyl halides is 3. The largest absolute Gasteiger partial charge is 0.506 e. The maximum absolute atomic E-state index is 12.9. The molecule has 0 bridgehead atoms. The van der Waals surface area contributed by atoms with Gasteiger partial charge in [-0.05, 0) is 43.5 Å². The van der Waals surface area contributed by atoms with E-state index in [-0.39, 0.29) is 23.0 Å². The van der Waals surface area contributed by atoms with Crippen molar-refractivity contribution in [2.75, 3.05) is 6.54 Å². The first-order valence-corrected chi connectivity index (χ1v) is 6.57. The van der Waals surface area contributed by atoms with Crippen LogP contribution in [0.15, 0.2) is 12.1 Å². The maximum atomic E-state index is 12.9. The summed E-state index contributed by atoms with van der Waals surface area (Å²) >= 11 is 5.72. The van der Waals surface area contributed by atoms with E-state index < -0.39 is 17.5 Å². The number of aromatic hydroxyl groups is 1. The van der Waals surface area contributed by atoms with E-state index in [9.17, 15) is 18.3 Å². The van der Waals surface area contributed by atoms with Crippen LogP contribution in [0, 0.1) is 0 Å². The van der Waals surface area contributed by atoms with Gasteiger partial charge in [-0.2, -0.15) is 13.2 Å². The van der Waals surface area contributed by atoms with Crippen LogP contribution in [0.1, 0.15) is 30.4 Å². The van der Waals surface area contributed by atoms with E-state index in [0.29, 0.717) is 6.07 Å². The van der Waals surface area contributed by atoms with E-state index in [1.54, 1.807) is 0 Å². The first kappa shape index (κ1) is 14.5. The van der Waals surface area contributed by atoms with Crippen molar-refractivity contribution >= 4 is 11.6 Å². The fraction of sp³-hybridized carbons (Fsp3) is 0.538. The Morgan fingerprint density at radius 3 is 2.63 bits per heavy atom. The molecule has 2 nitrogen and oxygen atoms in total. The third-order valence-corrected chi connectivity index (χ3v) is 3.66. The van der Waals surface area contributed by atoms with Crippen LogP contribution in [0.25, 0.3) is 0 Å². The summed E-state index contributed by atoms with van der Waals surface area (Å²) in [5.74, 6) is -0.533. The third kappa shape index (κ3) is 3.54. The summed E-state index contributed by atoms with van der Waals surface area (Å²) in [6, 6.07) is 1.96. The minimum Gasteiger partial charge on any atom is -0.506 e. The minimum absolute atomic E-state index is 0.0375. The molecule has 2 N–H and O–H groups in total. The molecule has 1 fully saturated rings. The molecule has 106 valence electrons. The van der Waals surface area contributed by atoms with Crippen LogP contribution in [0.5, 0.6) is 5.75 Å². The van der Waals surface area contributed by atoms with Crippen molar-refractivity contribution in [1.82, 2.24) is 5.32 Å². The molecule has 0 spiro atoms. The number of phenolic OH excluding ortho intramolecular Hbond substituents is 1. The van der Waals surface area contributed by atoms with E-state index in [1.165, 1.54) is 6.07 Å². The zero-order chi connectivity index (χ0) is 14.0. The van der Waals surface area contributed by atoms with Crippen molar-refractivity contribution in [2.24, 2.45) is 0 Å². The molecule has 0 radical (unpaired) electrons. The summed E-state index contributed by atoms with van der Waals surface area (Å²) in [5.41, 5.74) is -0.670. The van der Waals surface area contributed by atoms with Gasteiger partial charge in [0, 0.05) is 6.04 Å². The Balaban J connectivity index is 2.29. The van der Waals surface area contributed by atoms with Gasteiger partial charge in [0.25, 0.3) is 0 Å². The Morgan fingerprint density at radius 1 is 1.32 bits per heavy atom. The molecule has 2 rings (SSSR count). The Labute approximate surface area is 114 Å². The van der Waals surface area contributed by atoms with Gasteiger partial charge in [-0.1, -0.05) is 18.0 Å². The number of benzene rings is 1. The van der Waals surface area contributed by atoms with Crippen molar-refractivity contribution in [3.8, 4) is 5.75 Å². The van der Waals surface area contributed by atoms with E-state index in [0.717, 1.165) is 25.8 Å². The molecule has 1 saturated heterocycles. The first-order valence-electron chi connectivity index (χ1n) is 6.20. The highest BCUT2D eigenvalue weighted by Crippen LogP contribution is 2.38. The van der Waals surface area contributed by atoms with Gasteiger partial charge in [0.2, 0.25) is 0 Å².